The lowest BCUT2D eigenvalue weighted by molar-refractivity contribution is -0.205. The number of ether oxygens (including phenoxy) is 1. The standard InChI is InChI=1S/C14H19NO9S2/c16-7-9-11(17)12(18)13(19)14(23-9)25-10(15-24-26(20,21)22)6-8-4-2-1-3-5-8/h1-5,9,11-14,16-19H,6-7H2,(H,20,21,22)/t9-,11-,12+,13-,14-/m1/s1. The van der Waals surface area contributed by atoms with Crippen molar-refractivity contribution in [3.63, 3.8) is 0 Å². The third-order valence-electron chi connectivity index (χ3n) is 3.53. The molecule has 1 aromatic rings. The predicted molar refractivity (Wildman–Crippen MR) is 91.6 cm³/mol. The van der Waals surface area contributed by atoms with E-state index in [1.54, 1.807) is 30.3 Å². The van der Waals surface area contributed by atoms with Crippen molar-refractivity contribution in [1.82, 2.24) is 0 Å². The summed E-state index contributed by atoms with van der Waals surface area (Å²) in [4.78, 5) is 0. The van der Waals surface area contributed by atoms with Crippen LogP contribution in [-0.4, -0.2) is 74.9 Å². The van der Waals surface area contributed by atoms with Crippen LogP contribution in [0, 0.1) is 0 Å². The van der Waals surface area contributed by atoms with E-state index < -0.39 is 46.9 Å². The first-order chi connectivity index (χ1) is 12.2. The maximum Gasteiger partial charge on any atom is 0.466 e. The van der Waals surface area contributed by atoms with Gasteiger partial charge in [-0.3, -0.25) is 4.55 Å². The average molecular weight is 409 g/mol. The summed E-state index contributed by atoms with van der Waals surface area (Å²) in [6, 6.07) is 8.73. The van der Waals surface area contributed by atoms with E-state index in [9.17, 15) is 28.8 Å². The molecule has 5 atom stereocenters. The molecule has 0 aromatic heterocycles. The second kappa shape index (κ2) is 9.10. The molecule has 1 fully saturated rings. The molecule has 0 unspecified atom stereocenters. The van der Waals surface area contributed by atoms with E-state index in [1.165, 1.54) is 0 Å². The van der Waals surface area contributed by atoms with E-state index in [0.29, 0.717) is 0 Å². The molecule has 1 heterocycles. The summed E-state index contributed by atoms with van der Waals surface area (Å²) in [7, 11) is -4.83. The minimum atomic E-state index is -4.83. The fourth-order valence-corrected chi connectivity index (χ4v) is 3.58. The first-order valence-corrected chi connectivity index (χ1v) is 9.69. The summed E-state index contributed by atoms with van der Waals surface area (Å²) in [6.45, 7) is -0.602. The number of rotatable bonds is 6. The molecule has 0 amide bonds. The topological polar surface area (TPSA) is 166 Å². The van der Waals surface area contributed by atoms with Crippen LogP contribution < -0.4 is 0 Å². The van der Waals surface area contributed by atoms with Crippen molar-refractivity contribution in [3.8, 4) is 0 Å². The highest BCUT2D eigenvalue weighted by Crippen LogP contribution is 2.30. The van der Waals surface area contributed by atoms with Gasteiger partial charge in [-0.25, -0.2) is 4.28 Å². The Morgan fingerprint density at radius 1 is 1.15 bits per heavy atom. The zero-order valence-electron chi connectivity index (χ0n) is 13.3. The predicted octanol–water partition coefficient (Wildman–Crippen LogP) is -1.10. The van der Waals surface area contributed by atoms with Gasteiger partial charge in [-0.15, -0.1) is 0 Å². The van der Waals surface area contributed by atoms with Crippen LogP contribution in [0.4, 0.5) is 0 Å². The summed E-state index contributed by atoms with van der Waals surface area (Å²) in [5.74, 6) is 0. The third-order valence-corrected chi connectivity index (χ3v) is 4.91. The van der Waals surface area contributed by atoms with Crippen LogP contribution in [-0.2, 0) is 25.8 Å². The quantitative estimate of drug-likeness (QED) is 0.168. The first-order valence-electron chi connectivity index (χ1n) is 7.45. The number of hydrogen-bond donors (Lipinski definition) is 5. The van der Waals surface area contributed by atoms with Crippen LogP contribution in [0.5, 0.6) is 0 Å². The van der Waals surface area contributed by atoms with Crippen molar-refractivity contribution >= 4 is 27.2 Å². The van der Waals surface area contributed by atoms with Crippen molar-refractivity contribution in [1.29, 1.82) is 0 Å². The van der Waals surface area contributed by atoms with Gasteiger partial charge in [-0.2, -0.15) is 8.42 Å². The molecule has 26 heavy (non-hydrogen) atoms. The van der Waals surface area contributed by atoms with Crippen LogP contribution in [0.2, 0.25) is 0 Å². The number of nitrogens with zero attached hydrogens (tertiary/aromatic N) is 1. The molecule has 0 radical (unpaired) electrons. The lowest BCUT2D eigenvalue weighted by Crippen LogP contribution is -2.57. The Kier molecular flexibility index (Phi) is 7.37. The molecule has 5 N–H and O–H groups in total. The van der Waals surface area contributed by atoms with Crippen molar-refractivity contribution in [2.24, 2.45) is 5.16 Å². The molecule has 146 valence electrons. The minimum Gasteiger partial charge on any atom is -0.394 e. The summed E-state index contributed by atoms with van der Waals surface area (Å²) in [5.41, 5.74) is -0.444. The summed E-state index contributed by atoms with van der Waals surface area (Å²) in [5, 5.41) is 42.2. The first kappa shape index (κ1) is 21.1. The molecule has 1 saturated heterocycles. The van der Waals surface area contributed by atoms with Crippen LogP contribution in [0.25, 0.3) is 0 Å². The Hall–Kier alpha value is -1.25. The van der Waals surface area contributed by atoms with Crippen molar-refractivity contribution in [2.75, 3.05) is 6.61 Å². The number of oxime groups is 1. The lowest BCUT2D eigenvalue weighted by atomic mass is 10.0. The molecule has 0 aliphatic carbocycles. The summed E-state index contributed by atoms with van der Waals surface area (Å²) >= 11 is 0.729. The lowest BCUT2D eigenvalue weighted by Gasteiger charge is -2.39. The van der Waals surface area contributed by atoms with Crippen LogP contribution in [0.3, 0.4) is 0 Å². The molecule has 1 aromatic carbocycles. The highest BCUT2D eigenvalue weighted by Gasteiger charge is 2.44. The SMILES string of the molecule is O=S(=O)(O)ON=C(Cc1ccccc1)S[C@H]1O[C@H](CO)[C@@H](O)[C@H](O)[C@H]1O. The molecule has 1 aliphatic heterocycles. The molecule has 0 saturated carbocycles. The van der Waals surface area contributed by atoms with E-state index in [-0.39, 0.29) is 11.5 Å². The smallest absolute Gasteiger partial charge is 0.394 e. The maximum absolute atomic E-state index is 10.8. The van der Waals surface area contributed by atoms with Crippen LogP contribution >= 0.6 is 11.8 Å². The Morgan fingerprint density at radius 2 is 1.81 bits per heavy atom. The van der Waals surface area contributed by atoms with E-state index in [4.69, 9.17) is 9.29 Å². The van der Waals surface area contributed by atoms with Crippen molar-refractivity contribution in [3.05, 3.63) is 35.9 Å². The molecule has 2 rings (SSSR count). The number of aliphatic hydroxyl groups is 4. The van der Waals surface area contributed by atoms with Gasteiger partial charge in [0.2, 0.25) is 0 Å². The Labute approximate surface area is 154 Å². The van der Waals surface area contributed by atoms with Gasteiger partial charge in [0.15, 0.2) is 0 Å². The van der Waals surface area contributed by atoms with E-state index in [0.717, 1.165) is 17.3 Å². The fraction of sp³-hybridized carbons (Fsp3) is 0.500. The maximum atomic E-state index is 10.8. The van der Waals surface area contributed by atoms with Gasteiger partial charge in [0, 0.05) is 6.42 Å². The monoisotopic (exact) mass is 409 g/mol. The number of hydrogen-bond acceptors (Lipinski definition) is 10. The number of thioether (sulfide) groups is 1. The minimum absolute atomic E-state index is 0.0122. The molecule has 0 bridgehead atoms. The molecule has 0 spiro atoms. The molecule has 1 aliphatic rings. The molecule has 10 nitrogen and oxygen atoms in total. The average Bonchev–Trinajstić information content (AvgIpc) is 2.60. The molecular weight excluding hydrogens is 390 g/mol. The van der Waals surface area contributed by atoms with Gasteiger partial charge >= 0.3 is 10.4 Å². The van der Waals surface area contributed by atoms with Gasteiger partial charge in [-0.05, 0) is 5.56 Å². The van der Waals surface area contributed by atoms with Crippen molar-refractivity contribution in [2.45, 2.75) is 36.3 Å². The van der Waals surface area contributed by atoms with Gasteiger partial charge in [-0.1, -0.05) is 47.2 Å². The zero-order valence-corrected chi connectivity index (χ0v) is 15.0. The largest absolute Gasteiger partial charge is 0.466 e. The van der Waals surface area contributed by atoms with Crippen LogP contribution in [0.15, 0.2) is 35.5 Å². The third kappa shape index (κ3) is 5.89. The molecular formula is C14H19NO9S2. The van der Waals surface area contributed by atoms with Gasteiger partial charge in [0.25, 0.3) is 0 Å². The molecule has 12 heteroatoms. The van der Waals surface area contributed by atoms with Gasteiger partial charge in [0.05, 0.1) is 6.61 Å². The van der Waals surface area contributed by atoms with Crippen molar-refractivity contribution < 1.29 is 42.4 Å². The highest BCUT2D eigenvalue weighted by molar-refractivity contribution is 8.14. The van der Waals surface area contributed by atoms with Crippen LogP contribution in [0.1, 0.15) is 5.56 Å². The summed E-state index contributed by atoms with van der Waals surface area (Å²) in [6.07, 6.45) is -5.68. The Balaban J connectivity index is 2.19. The number of benzene rings is 1. The van der Waals surface area contributed by atoms with Gasteiger partial charge in [0.1, 0.15) is 34.9 Å². The zero-order chi connectivity index (χ0) is 19.3. The Bertz CT molecular complexity index is 710. The number of aliphatic hydroxyl groups excluding tert-OH is 4. The van der Waals surface area contributed by atoms with Gasteiger partial charge < -0.3 is 25.2 Å². The van der Waals surface area contributed by atoms with E-state index in [2.05, 4.69) is 9.44 Å². The fourth-order valence-electron chi connectivity index (χ4n) is 2.25. The summed E-state index contributed by atoms with van der Waals surface area (Å²) < 4.78 is 39.6. The van der Waals surface area contributed by atoms with E-state index in [1.807, 2.05) is 0 Å². The second-order valence-corrected chi connectivity index (χ2v) is 7.64. The Morgan fingerprint density at radius 3 is 2.38 bits per heavy atom. The second-order valence-electron chi connectivity index (χ2n) is 5.46. The van der Waals surface area contributed by atoms with E-state index >= 15 is 0 Å². The normalized spacial score (nSPS) is 30.2. The highest BCUT2D eigenvalue weighted by atomic mass is 32.3.